The number of methoxy groups -OCH3 is 1. The highest BCUT2D eigenvalue weighted by atomic mass is 79.9. The molecule has 0 saturated heterocycles. The van der Waals surface area contributed by atoms with E-state index >= 15 is 0 Å². The zero-order valence-electron chi connectivity index (χ0n) is 11.5. The van der Waals surface area contributed by atoms with Crippen LogP contribution < -0.4 is 10.1 Å². The predicted octanol–water partition coefficient (Wildman–Crippen LogP) is 4.82. The maximum Gasteiger partial charge on any atom is 0.121 e. The van der Waals surface area contributed by atoms with Gasteiger partial charge < -0.3 is 10.1 Å². The number of halogens is 1. The van der Waals surface area contributed by atoms with Crippen LogP contribution in [0.1, 0.15) is 24.3 Å². The van der Waals surface area contributed by atoms with Crippen molar-refractivity contribution in [2.75, 3.05) is 12.4 Å². The Labute approximate surface area is 128 Å². The maximum absolute atomic E-state index is 5.27. The van der Waals surface area contributed by atoms with Crippen molar-refractivity contribution in [2.45, 2.75) is 24.8 Å². The fraction of sp³-hybridized carbons (Fsp3) is 0.294. The summed E-state index contributed by atoms with van der Waals surface area (Å²) in [5, 5.41) is 3.59. The summed E-state index contributed by atoms with van der Waals surface area (Å²) in [4.78, 5) is 0. The summed E-state index contributed by atoms with van der Waals surface area (Å²) in [6, 6.07) is 17.3. The van der Waals surface area contributed by atoms with Crippen LogP contribution in [0.25, 0.3) is 0 Å². The van der Waals surface area contributed by atoms with E-state index in [-0.39, 0.29) is 0 Å². The van der Waals surface area contributed by atoms with Gasteiger partial charge in [0.2, 0.25) is 0 Å². The number of hydrogen-bond acceptors (Lipinski definition) is 2. The van der Waals surface area contributed by atoms with Gasteiger partial charge in [0.1, 0.15) is 5.75 Å². The van der Waals surface area contributed by atoms with Crippen molar-refractivity contribution in [3.8, 4) is 5.75 Å². The molecule has 0 aliphatic heterocycles. The molecule has 3 heteroatoms. The summed E-state index contributed by atoms with van der Waals surface area (Å²) in [7, 11) is 1.70. The second-order valence-electron chi connectivity index (χ2n) is 5.27. The Bertz CT molecular complexity index is 579. The standard InChI is InChI=1S/C17H18BrNO/c1-20-15-7-8-16(18)17(11-15)19-14-9-13(10-14)12-5-3-2-4-6-12/h2-8,11,13-14,19H,9-10H2,1H3. The monoisotopic (exact) mass is 331 g/mol. The fourth-order valence-electron chi connectivity index (χ4n) is 2.69. The minimum atomic E-state index is 0.545. The SMILES string of the molecule is COc1ccc(Br)c(NC2CC(c3ccccc3)C2)c1. The van der Waals surface area contributed by atoms with E-state index in [1.807, 2.05) is 18.2 Å². The first-order valence-electron chi connectivity index (χ1n) is 6.91. The molecule has 1 aliphatic rings. The lowest BCUT2D eigenvalue weighted by Crippen LogP contribution is -2.34. The van der Waals surface area contributed by atoms with Crippen LogP contribution in [0.3, 0.4) is 0 Å². The normalized spacial score (nSPS) is 21.1. The van der Waals surface area contributed by atoms with Crippen molar-refractivity contribution in [1.82, 2.24) is 0 Å². The summed E-state index contributed by atoms with van der Waals surface area (Å²) in [6.45, 7) is 0. The lowest BCUT2D eigenvalue weighted by atomic mass is 9.76. The van der Waals surface area contributed by atoms with Crippen LogP contribution in [-0.4, -0.2) is 13.2 Å². The van der Waals surface area contributed by atoms with Gasteiger partial charge in [-0.05, 0) is 52.4 Å². The van der Waals surface area contributed by atoms with Crippen molar-refractivity contribution >= 4 is 21.6 Å². The minimum absolute atomic E-state index is 0.545. The van der Waals surface area contributed by atoms with Gasteiger partial charge in [-0.15, -0.1) is 0 Å². The summed E-state index contributed by atoms with van der Waals surface area (Å²) in [6.07, 6.45) is 2.38. The first-order valence-corrected chi connectivity index (χ1v) is 7.70. The number of benzene rings is 2. The second-order valence-corrected chi connectivity index (χ2v) is 6.12. The van der Waals surface area contributed by atoms with Gasteiger partial charge in [-0.1, -0.05) is 30.3 Å². The Morgan fingerprint density at radius 3 is 2.55 bits per heavy atom. The van der Waals surface area contributed by atoms with E-state index < -0.39 is 0 Å². The summed E-state index contributed by atoms with van der Waals surface area (Å²) < 4.78 is 6.36. The van der Waals surface area contributed by atoms with Gasteiger partial charge in [-0.25, -0.2) is 0 Å². The molecule has 0 amide bonds. The number of anilines is 1. The third kappa shape index (κ3) is 2.83. The highest BCUT2D eigenvalue weighted by Crippen LogP contribution is 2.39. The van der Waals surface area contributed by atoms with E-state index in [4.69, 9.17) is 4.74 Å². The second kappa shape index (κ2) is 5.88. The van der Waals surface area contributed by atoms with Crippen LogP contribution in [0.4, 0.5) is 5.69 Å². The van der Waals surface area contributed by atoms with Crippen molar-refractivity contribution in [2.24, 2.45) is 0 Å². The van der Waals surface area contributed by atoms with E-state index in [1.54, 1.807) is 7.11 Å². The topological polar surface area (TPSA) is 21.3 Å². The highest BCUT2D eigenvalue weighted by molar-refractivity contribution is 9.10. The van der Waals surface area contributed by atoms with Gasteiger partial charge in [0.25, 0.3) is 0 Å². The van der Waals surface area contributed by atoms with Crippen LogP contribution in [0, 0.1) is 0 Å². The fourth-order valence-corrected chi connectivity index (χ4v) is 3.06. The van der Waals surface area contributed by atoms with E-state index in [1.165, 1.54) is 18.4 Å². The zero-order valence-corrected chi connectivity index (χ0v) is 13.1. The first kappa shape index (κ1) is 13.5. The van der Waals surface area contributed by atoms with Crippen LogP contribution in [0.15, 0.2) is 53.0 Å². The Morgan fingerprint density at radius 1 is 1.10 bits per heavy atom. The zero-order chi connectivity index (χ0) is 13.9. The van der Waals surface area contributed by atoms with E-state index in [0.29, 0.717) is 12.0 Å². The molecule has 0 heterocycles. The molecule has 104 valence electrons. The lowest BCUT2D eigenvalue weighted by Gasteiger charge is -2.37. The van der Waals surface area contributed by atoms with Crippen molar-refractivity contribution < 1.29 is 4.74 Å². The number of hydrogen-bond donors (Lipinski definition) is 1. The Kier molecular flexibility index (Phi) is 3.97. The van der Waals surface area contributed by atoms with Crippen LogP contribution in [0.5, 0.6) is 5.75 Å². The molecule has 0 radical (unpaired) electrons. The molecule has 1 N–H and O–H groups in total. The molecule has 1 aliphatic carbocycles. The molecule has 2 nitrogen and oxygen atoms in total. The molecule has 20 heavy (non-hydrogen) atoms. The van der Waals surface area contributed by atoms with Crippen molar-refractivity contribution in [1.29, 1.82) is 0 Å². The van der Waals surface area contributed by atoms with Crippen LogP contribution in [-0.2, 0) is 0 Å². The Hall–Kier alpha value is -1.48. The van der Waals surface area contributed by atoms with Gasteiger partial charge in [-0.2, -0.15) is 0 Å². The first-order chi connectivity index (χ1) is 9.76. The number of rotatable bonds is 4. The molecule has 0 aromatic heterocycles. The summed E-state index contributed by atoms with van der Waals surface area (Å²) >= 11 is 3.58. The molecule has 2 aromatic rings. The van der Waals surface area contributed by atoms with Gasteiger partial charge in [0.05, 0.1) is 12.8 Å². The van der Waals surface area contributed by atoms with Gasteiger partial charge >= 0.3 is 0 Å². The smallest absolute Gasteiger partial charge is 0.121 e. The van der Waals surface area contributed by atoms with Crippen LogP contribution in [0.2, 0.25) is 0 Å². The third-order valence-corrected chi connectivity index (χ3v) is 4.63. The van der Waals surface area contributed by atoms with Crippen LogP contribution >= 0.6 is 15.9 Å². The molecular weight excluding hydrogens is 314 g/mol. The van der Waals surface area contributed by atoms with Gasteiger partial charge in [-0.3, -0.25) is 0 Å². The third-order valence-electron chi connectivity index (χ3n) is 3.94. The molecule has 0 atom stereocenters. The van der Waals surface area contributed by atoms with Crippen molar-refractivity contribution in [3.63, 3.8) is 0 Å². The summed E-state index contributed by atoms with van der Waals surface area (Å²) in [5.74, 6) is 1.58. The molecule has 0 unspecified atom stereocenters. The molecule has 0 bridgehead atoms. The molecule has 2 aromatic carbocycles. The maximum atomic E-state index is 5.27. The molecule has 1 saturated carbocycles. The molecule has 1 fully saturated rings. The van der Waals surface area contributed by atoms with E-state index in [0.717, 1.165) is 15.9 Å². The highest BCUT2D eigenvalue weighted by Gasteiger charge is 2.30. The number of ether oxygens (including phenoxy) is 1. The summed E-state index contributed by atoms with van der Waals surface area (Å²) in [5.41, 5.74) is 2.57. The average Bonchev–Trinajstić information content (AvgIpc) is 2.45. The molecular formula is C17H18BrNO. The predicted molar refractivity (Wildman–Crippen MR) is 86.5 cm³/mol. The minimum Gasteiger partial charge on any atom is -0.497 e. The average molecular weight is 332 g/mol. The van der Waals surface area contributed by atoms with Gasteiger partial charge in [0.15, 0.2) is 0 Å². The van der Waals surface area contributed by atoms with Crippen molar-refractivity contribution in [3.05, 3.63) is 58.6 Å². The molecule has 0 spiro atoms. The Balaban J connectivity index is 1.61. The largest absolute Gasteiger partial charge is 0.497 e. The molecule has 3 rings (SSSR count). The van der Waals surface area contributed by atoms with E-state index in [2.05, 4.69) is 51.6 Å². The Morgan fingerprint density at radius 2 is 1.85 bits per heavy atom. The number of nitrogens with one attached hydrogen (secondary N) is 1. The lowest BCUT2D eigenvalue weighted by molar-refractivity contribution is 0.373. The van der Waals surface area contributed by atoms with Gasteiger partial charge in [0, 0.05) is 16.6 Å². The quantitative estimate of drug-likeness (QED) is 0.867. The van der Waals surface area contributed by atoms with E-state index in [9.17, 15) is 0 Å².